The number of carbonyl (C=O) groups is 1. The number of hydrogen-bond donors (Lipinski definition) is 2. The van der Waals surface area contributed by atoms with Crippen molar-refractivity contribution in [1.29, 1.82) is 5.41 Å². The number of alkyl halides is 3. The number of rotatable bonds is 10. The fraction of sp³-hybridized carbons (Fsp3) is 0.423. The number of morpholine rings is 1. The summed E-state index contributed by atoms with van der Waals surface area (Å²) < 4.78 is 52.4. The van der Waals surface area contributed by atoms with Gasteiger partial charge in [-0.1, -0.05) is 10.6 Å². The van der Waals surface area contributed by atoms with Crippen LogP contribution in [0.4, 0.5) is 20.4 Å². The van der Waals surface area contributed by atoms with E-state index < -0.39 is 24.7 Å². The van der Waals surface area contributed by atoms with Crippen LogP contribution in [0.15, 0.2) is 24.3 Å². The van der Waals surface area contributed by atoms with Gasteiger partial charge in [0.15, 0.2) is 0 Å². The minimum absolute atomic E-state index is 0.0137. The number of nitrogens with zero attached hydrogens (tertiary/aromatic N) is 3. The van der Waals surface area contributed by atoms with Gasteiger partial charge in [-0.25, -0.2) is 4.98 Å². The highest BCUT2D eigenvalue weighted by Gasteiger charge is 2.37. The van der Waals surface area contributed by atoms with Gasteiger partial charge in [0.05, 0.1) is 50.5 Å². The summed E-state index contributed by atoms with van der Waals surface area (Å²) in [6, 6.07) is 4.91. The summed E-state index contributed by atoms with van der Waals surface area (Å²) in [5.74, 6) is 0.148. The van der Waals surface area contributed by atoms with Crippen LogP contribution in [0.25, 0.3) is 5.57 Å². The van der Waals surface area contributed by atoms with Crippen LogP contribution in [0.1, 0.15) is 35.0 Å². The Balaban J connectivity index is 1.71. The number of aromatic nitrogens is 2. The van der Waals surface area contributed by atoms with Crippen molar-refractivity contribution >= 4 is 54.6 Å². The standard InChI is InChI=1S/C26H30F2IN5O5/c1-4-18(26(27,28)29-2)22-20(14-30)32-25(33-23(22)39-17-7-10-38-15-17)31-19-6-5-16(13-21(19)36-3)24(35)34-8-11-37-12-9-34/h4-6,13-14,17,30H,2,7-12,15H2,1,3H3,(H,31,32,33)/b18-4+,30-14?. The summed E-state index contributed by atoms with van der Waals surface area (Å²) in [7, 11) is 1.47. The van der Waals surface area contributed by atoms with Gasteiger partial charge in [0.2, 0.25) is 11.8 Å². The van der Waals surface area contributed by atoms with Crippen molar-refractivity contribution in [3.63, 3.8) is 0 Å². The minimum atomic E-state index is -3.18. The van der Waals surface area contributed by atoms with Crippen molar-refractivity contribution in [2.75, 3.05) is 51.9 Å². The molecule has 210 valence electrons. The fourth-order valence-corrected chi connectivity index (χ4v) is 5.23. The predicted molar refractivity (Wildman–Crippen MR) is 153 cm³/mol. The molecule has 2 saturated heterocycles. The topological polar surface area (TPSA) is 119 Å². The molecule has 1 amide bonds. The molecule has 3 heterocycles. The first kappa shape index (κ1) is 29.0. The third kappa shape index (κ3) is 6.58. The van der Waals surface area contributed by atoms with Crippen molar-refractivity contribution in [2.24, 2.45) is 0 Å². The van der Waals surface area contributed by atoms with Gasteiger partial charge in [0.25, 0.3) is 5.91 Å². The number of amides is 1. The zero-order valence-corrected chi connectivity index (χ0v) is 23.8. The lowest BCUT2D eigenvalue weighted by atomic mass is 10.1. The Morgan fingerprint density at radius 1 is 1.28 bits per heavy atom. The maximum Gasteiger partial charge on any atom is 0.316 e. The molecule has 2 aliphatic rings. The maximum absolute atomic E-state index is 14.9. The Hall–Kier alpha value is -3.04. The predicted octanol–water partition coefficient (Wildman–Crippen LogP) is 4.27. The van der Waals surface area contributed by atoms with Crippen LogP contribution >= 0.6 is 20.7 Å². The molecular weight excluding hydrogens is 627 g/mol. The van der Waals surface area contributed by atoms with E-state index in [0.717, 1.165) is 6.21 Å². The fourth-order valence-electron chi connectivity index (χ4n) is 4.24. The highest BCUT2D eigenvalue weighted by molar-refractivity contribution is 14.2. The molecule has 2 N–H and O–H groups in total. The van der Waals surface area contributed by atoms with Gasteiger partial charge in [-0.05, 0) is 45.9 Å². The van der Waals surface area contributed by atoms with Gasteiger partial charge < -0.3 is 34.6 Å². The molecule has 0 radical (unpaired) electrons. The molecule has 2 aromatic rings. The van der Waals surface area contributed by atoms with E-state index in [1.54, 1.807) is 23.1 Å². The Morgan fingerprint density at radius 2 is 2.05 bits per heavy atom. The van der Waals surface area contributed by atoms with Gasteiger partial charge in [-0.15, -0.1) is 0 Å². The summed E-state index contributed by atoms with van der Waals surface area (Å²) >= 11 is -1.76. The lowest BCUT2D eigenvalue weighted by Gasteiger charge is -2.27. The molecule has 10 nitrogen and oxygen atoms in total. The lowest BCUT2D eigenvalue weighted by molar-refractivity contribution is 0.0302. The van der Waals surface area contributed by atoms with Gasteiger partial charge in [-0.2, -0.15) is 13.8 Å². The molecule has 0 aliphatic carbocycles. The number of anilines is 2. The number of hydrogen-bond acceptors (Lipinski definition) is 9. The molecule has 1 aromatic carbocycles. The minimum Gasteiger partial charge on any atom is -0.495 e. The Morgan fingerprint density at radius 3 is 2.67 bits per heavy atom. The molecule has 2 aliphatic heterocycles. The van der Waals surface area contributed by atoms with Crippen molar-refractivity contribution in [1.82, 2.24) is 14.9 Å². The second-order valence-electron chi connectivity index (χ2n) is 8.64. The molecule has 0 bridgehead atoms. The molecule has 0 saturated carbocycles. The molecule has 0 spiro atoms. The van der Waals surface area contributed by atoms with E-state index in [1.807, 2.05) is 0 Å². The van der Waals surface area contributed by atoms with E-state index in [1.165, 1.54) is 20.1 Å². The van der Waals surface area contributed by atoms with Crippen LogP contribution in [0.5, 0.6) is 11.6 Å². The molecule has 1 atom stereocenters. The van der Waals surface area contributed by atoms with Gasteiger partial charge in [-0.3, -0.25) is 4.79 Å². The summed E-state index contributed by atoms with van der Waals surface area (Å²) in [5, 5.41) is 11.0. The van der Waals surface area contributed by atoms with Crippen molar-refractivity contribution in [2.45, 2.75) is 23.4 Å². The van der Waals surface area contributed by atoms with Crippen molar-refractivity contribution < 1.29 is 32.5 Å². The Kier molecular flexibility index (Phi) is 9.56. The largest absolute Gasteiger partial charge is 0.495 e. The van der Waals surface area contributed by atoms with E-state index >= 15 is 0 Å². The number of nitrogens with one attached hydrogen (secondary N) is 2. The number of ether oxygens (including phenoxy) is 4. The van der Waals surface area contributed by atoms with E-state index in [9.17, 15) is 13.6 Å². The van der Waals surface area contributed by atoms with Crippen molar-refractivity contribution in [3.05, 3.63) is 41.1 Å². The monoisotopic (exact) mass is 657 g/mol. The number of methoxy groups -OCH3 is 1. The quantitative estimate of drug-likeness (QED) is 0.221. The maximum atomic E-state index is 14.9. The first-order valence-electron chi connectivity index (χ1n) is 12.2. The summed E-state index contributed by atoms with van der Waals surface area (Å²) in [6.07, 6.45) is 2.37. The zero-order valence-electron chi connectivity index (χ0n) is 21.6. The molecule has 39 heavy (non-hydrogen) atoms. The molecule has 13 heteroatoms. The van der Waals surface area contributed by atoms with Crippen LogP contribution in [-0.2, 0) is 9.47 Å². The number of benzene rings is 1. The van der Waals surface area contributed by atoms with Gasteiger partial charge in [0.1, 0.15) is 11.9 Å². The average Bonchev–Trinajstić information content (AvgIpc) is 3.47. The SMILES string of the molecule is C=IC(F)(F)/C(=C/C)c1c(C=N)nc(Nc2ccc(C(=O)N3CCOCC3)cc2OC)nc1OC1CCOC1. The van der Waals surface area contributed by atoms with Gasteiger partial charge >= 0.3 is 3.93 Å². The highest BCUT2D eigenvalue weighted by atomic mass is 127. The molecular formula is C26H30F2IN5O5. The summed E-state index contributed by atoms with van der Waals surface area (Å²) in [6.45, 7) is 4.26. The smallest absolute Gasteiger partial charge is 0.316 e. The molecule has 1 unspecified atom stereocenters. The highest BCUT2D eigenvalue weighted by Crippen LogP contribution is 2.45. The molecule has 4 rings (SSSR count). The number of carbonyl (C=O) groups excluding carboxylic acids is 1. The summed E-state index contributed by atoms with van der Waals surface area (Å²) in [5.41, 5.74) is 0.474. The van der Waals surface area contributed by atoms with Crippen LogP contribution in [-0.4, -0.2) is 88.2 Å². The number of allylic oxidation sites excluding steroid dienone is 2. The van der Waals surface area contributed by atoms with E-state index in [2.05, 4.69) is 19.8 Å². The van der Waals surface area contributed by atoms with E-state index in [4.69, 9.17) is 24.4 Å². The Labute approximate surface area is 235 Å². The second-order valence-corrected chi connectivity index (χ2v) is 10.8. The molecule has 2 fully saturated rings. The molecule has 1 aromatic heterocycles. The second kappa shape index (κ2) is 12.9. The Bertz CT molecular complexity index is 1260. The van der Waals surface area contributed by atoms with Crippen LogP contribution in [0.2, 0.25) is 0 Å². The van der Waals surface area contributed by atoms with Crippen LogP contribution < -0.4 is 14.8 Å². The van der Waals surface area contributed by atoms with E-state index in [-0.39, 0.29) is 40.7 Å². The van der Waals surface area contributed by atoms with Crippen LogP contribution in [0, 0.1) is 5.41 Å². The summed E-state index contributed by atoms with van der Waals surface area (Å²) in [4.78, 5) is 23.4. The first-order valence-corrected chi connectivity index (χ1v) is 14.8. The third-order valence-electron chi connectivity index (χ3n) is 6.23. The first-order chi connectivity index (χ1) is 18.8. The normalized spacial score (nSPS) is 18.1. The number of halogens is 3. The van der Waals surface area contributed by atoms with Gasteiger partial charge in [0, 0.05) is 36.9 Å². The lowest BCUT2D eigenvalue weighted by Crippen LogP contribution is -2.40. The van der Waals surface area contributed by atoms with Crippen molar-refractivity contribution in [3.8, 4) is 11.6 Å². The zero-order chi connectivity index (χ0) is 28.0. The average molecular weight is 657 g/mol. The third-order valence-corrected chi connectivity index (χ3v) is 7.77. The van der Waals surface area contributed by atoms with Crippen LogP contribution in [0.3, 0.4) is 0 Å². The van der Waals surface area contributed by atoms with E-state index in [0.29, 0.717) is 62.9 Å².